The van der Waals surface area contributed by atoms with Crippen LogP contribution in [0.25, 0.3) is 0 Å². The molecule has 0 saturated heterocycles. The first kappa shape index (κ1) is 21.0. The van der Waals surface area contributed by atoms with E-state index in [2.05, 4.69) is 36.3 Å². The Balaban J connectivity index is 1.72. The summed E-state index contributed by atoms with van der Waals surface area (Å²) in [5.74, 6) is 0.501. The standard InChI is InChI=1S/C27H29N3O/c1-3-4-18-30(2)20-21-12-11-13-22(19-21)25-28-26(31)27(29-25,23-14-7-5-8-15-23)24-16-9-6-10-17-24/h5-17,19H,3-4,18,20H2,1-2H3,(H,28,29,31). The predicted molar refractivity (Wildman–Crippen MR) is 126 cm³/mol. The zero-order valence-electron chi connectivity index (χ0n) is 18.2. The number of carbonyl (C=O) groups excluding carboxylic acids is 1. The molecule has 3 aromatic carbocycles. The number of carbonyl (C=O) groups is 1. The Kier molecular flexibility index (Phi) is 6.28. The van der Waals surface area contributed by atoms with Crippen molar-refractivity contribution in [3.8, 4) is 0 Å². The third-order valence-electron chi connectivity index (χ3n) is 5.77. The van der Waals surface area contributed by atoms with Gasteiger partial charge in [0.05, 0.1) is 0 Å². The molecule has 1 heterocycles. The normalized spacial score (nSPS) is 15.1. The molecule has 1 amide bonds. The summed E-state index contributed by atoms with van der Waals surface area (Å²) < 4.78 is 0. The van der Waals surface area contributed by atoms with E-state index < -0.39 is 5.54 Å². The summed E-state index contributed by atoms with van der Waals surface area (Å²) in [6.07, 6.45) is 2.38. The van der Waals surface area contributed by atoms with Crippen molar-refractivity contribution in [1.82, 2.24) is 10.2 Å². The van der Waals surface area contributed by atoms with Gasteiger partial charge >= 0.3 is 0 Å². The van der Waals surface area contributed by atoms with Crippen LogP contribution in [0.2, 0.25) is 0 Å². The molecule has 1 aliphatic heterocycles. The fraction of sp³-hybridized carbons (Fsp3) is 0.259. The van der Waals surface area contributed by atoms with Gasteiger partial charge in [0.1, 0.15) is 5.84 Å². The minimum atomic E-state index is -1.08. The molecule has 0 radical (unpaired) electrons. The fourth-order valence-corrected chi connectivity index (χ4v) is 4.13. The first-order valence-electron chi connectivity index (χ1n) is 10.9. The van der Waals surface area contributed by atoms with Crippen LogP contribution < -0.4 is 5.32 Å². The van der Waals surface area contributed by atoms with E-state index >= 15 is 0 Å². The lowest BCUT2D eigenvalue weighted by molar-refractivity contribution is -0.122. The number of nitrogens with one attached hydrogen (secondary N) is 1. The molecule has 158 valence electrons. The summed E-state index contributed by atoms with van der Waals surface area (Å²) in [4.78, 5) is 20.8. The van der Waals surface area contributed by atoms with Gasteiger partial charge in [-0.05, 0) is 42.8 Å². The molecular weight excluding hydrogens is 382 g/mol. The monoisotopic (exact) mass is 411 g/mol. The number of rotatable bonds is 8. The van der Waals surface area contributed by atoms with Crippen molar-refractivity contribution in [2.24, 2.45) is 4.99 Å². The summed E-state index contributed by atoms with van der Waals surface area (Å²) in [5, 5.41) is 3.07. The first-order valence-corrected chi connectivity index (χ1v) is 10.9. The molecule has 4 nitrogen and oxygen atoms in total. The molecule has 4 rings (SSSR count). The Morgan fingerprint density at radius 2 is 1.55 bits per heavy atom. The van der Waals surface area contributed by atoms with Gasteiger partial charge in [-0.2, -0.15) is 0 Å². The molecule has 3 aromatic rings. The third kappa shape index (κ3) is 4.30. The molecule has 0 atom stereocenters. The second-order valence-corrected chi connectivity index (χ2v) is 8.15. The van der Waals surface area contributed by atoms with Crippen molar-refractivity contribution in [3.05, 3.63) is 107 Å². The van der Waals surface area contributed by atoms with E-state index in [0.717, 1.165) is 29.8 Å². The Morgan fingerprint density at radius 1 is 0.903 bits per heavy atom. The van der Waals surface area contributed by atoms with Crippen molar-refractivity contribution < 1.29 is 4.79 Å². The number of benzene rings is 3. The van der Waals surface area contributed by atoms with Crippen LogP contribution in [-0.4, -0.2) is 30.2 Å². The van der Waals surface area contributed by atoms with Gasteiger partial charge in [-0.15, -0.1) is 0 Å². The molecule has 0 bridgehead atoms. The summed E-state index contributed by atoms with van der Waals surface area (Å²) in [7, 11) is 2.15. The molecule has 0 aliphatic carbocycles. The summed E-state index contributed by atoms with van der Waals surface area (Å²) in [5.41, 5.74) is 2.80. The minimum Gasteiger partial charge on any atom is -0.308 e. The molecule has 31 heavy (non-hydrogen) atoms. The van der Waals surface area contributed by atoms with E-state index in [1.807, 2.05) is 72.8 Å². The average Bonchev–Trinajstić information content (AvgIpc) is 3.17. The SMILES string of the molecule is CCCCN(C)Cc1cccc(C2=NC(c3ccccc3)(c3ccccc3)C(=O)N2)c1. The Hall–Kier alpha value is -3.24. The highest BCUT2D eigenvalue weighted by atomic mass is 16.2. The zero-order valence-corrected chi connectivity index (χ0v) is 18.2. The molecular formula is C27H29N3O. The lowest BCUT2D eigenvalue weighted by Crippen LogP contribution is -2.38. The van der Waals surface area contributed by atoms with E-state index in [1.54, 1.807) is 0 Å². The summed E-state index contributed by atoms with van der Waals surface area (Å²) in [6.45, 7) is 4.15. The lowest BCUT2D eigenvalue weighted by Gasteiger charge is -2.24. The maximum absolute atomic E-state index is 13.4. The predicted octanol–water partition coefficient (Wildman–Crippen LogP) is 4.74. The van der Waals surface area contributed by atoms with Gasteiger partial charge in [-0.1, -0.05) is 92.2 Å². The Morgan fingerprint density at radius 3 is 2.16 bits per heavy atom. The van der Waals surface area contributed by atoms with Gasteiger partial charge in [0, 0.05) is 12.1 Å². The van der Waals surface area contributed by atoms with Crippen LogP contribution in [0.5, 0.6) is 0 Å². The van der Waals surface area contributed by atoms with Crippen LogP contribution in [0.1, 0.15) is 42.0 Å². The number of unbranched alkanes of at least 4 members (excludes halogenated alkanes) is 1. The van der Waals surface area contributed by atoms with E-state index in [0.29, 0.717) is 5.84 Å². The van der Waals surface area contributed by atoms with Crippen molar-refractivity contribution >= 4 is 11.7 Å². The van der Waals surface area contributed by atoms with Crippen LogP contribution in [0.4, 0.5) is 0 Å². The molecule has 0 aromatic heterocycles. The number of amides is 1. The van der Waals surface area contributed by atoms with Crippen LogP contribution in [0, 0.1) is 0 Å². The van der Waals surface area contributed by atoms with Gasteiger partial charge in [0.2, 0.25) is 0 Å². The topological polar surface area (TPSA) is 44.7 Å². The third-order valence-corrected chi connectivity index (χ3v) is 5.77. The van der Waals surface area contributed by atoms with Crippen LogP contribution >= 0.6 is 0 Å². The largest absolute Gasteiger partial charge is 0.308 e. The zero-order chi connectivity index (χ0) is 21.7. The summed E-state index contributed by atoms with van der Waals surface area (Å²) >= 11 is 0. The second-order valence-electron chi connectivity index (χ2n) is 8.15. The van der Waals surface area contributed by atoms with Crippen molar-refractivity contribution in [1.29, 1.82) is 0 Å². The molecule has 0 unspecified atom stereocenters. The van der Waals surface area contributed by atoms with Gasteiger partial charge in [-0.25, -0.2) is 4.99 Å². The number of hydrogen-bond donors (Lipinski definition) is 1. The molecule has 1 aliphatic rings. The van der Waals surface area contributed by atoms with Gasteiger partial charge in [0.15, 0.2) is 5.54 Å². The lowest BCUT2D eigenvalue weighted by atomic mass is 9.83. The average molecular weight is 412 g/mol. The fourth-order valence-electron chi connectivity index (χ4n) is 4.13. The van der Waals surface area contributed by atoms with Crippen molar-refractivity contribution in [2.45, 2.75) is 31.8 Å². The number of amidine groups is 1. The Bertz CT molecular complexity index is 1020. The quantitative estimate of drug-likeness (QED) is 0.582. The van der Waals surface area contributed by atoms with Crippen LogP contribution in [0.15, 0.2) is 89.9 Å². The highest BCUT2D eigenvalue weighted by molar-refractivity contribution is 6.16. The summed E-state index contributed by atoms with van der Waals surface area (Å²) in [6, 6.07) is 27.9. The van der Waals surface area contributed by atoms with Gasteiger partial charge < -0.3 is 10.2 Å². The number of hydrogen-bond acceptors (Lipinski definition) is 3. The molecule has 0 fully saturated rings. The van der Waals surface area contributed by atoms with Gasteiger partial charge in [-0.3, -0.25) is 4.79 Å². The molecule has 1 N–H and O–H groups in total. The van der Waals surface area contributed by atoms with E-state index in [1.165, 1.54) is 18.4 Å². The van der Waals surface area contributed by atoms with Crippen LogP contribution in [-0.2, 0) is 16.9 Å². The first-order chi connectivity index (χ1) is 15.1. The maximum atomic E-state index is 13.4. The highest BCUT2D eigenvalue weighted by Gasteiger charge is 2.46. The highest BCUT2D eigenvalue weighted by Crippen LogP contribution is 2.37. The van der Waals surface area contributed by atoms with Crippen molar-refractivity contribution in [2.75, 3.05) is 13.6 Å². The van der Waals surface area contributed by atoms with Crippen molar-refractivity contribution in [3.63, 3.8) is 0 Å². The van der Waals surface area contributed by atoms with E-state index in [4.69, 9.17) is 4.99 Å². The Labute approximate surface area is 184 Å². The maximum Gasteiger partial charge on any atom is 0.262 e. The number of aliphatic imine (C=N–C) groups is 1. The van der Waals surface area contributed by atoms with E-state index in [9.17, 15) is 4.79 Å². The van der Waals surface area contributed by atoms with Crippen LogP contribution in [0.3, 0.4) is 0 Å². The second kappa shape index (κ2) is 9.27. The van der Waals surface area contributed by atoms with E-state index in [-0.39, 0.29) is 5.91 Å². The molecule has 0 saturated carbocycles. The number of nitrogens with zero attached hydrogens (tertiary/aromatic N) is 2. The minimum absolute atomic E-state index is 0.120. The smallest absolute Gasteiger partial charge is 0.262 e. The molecule has 4 heteroatoms. The van der Waals surface area contributed by atoms with Gasteiger partial charge in [0.25, 0.3) is 5.91 Å². The molecule has 0 spiro atoms.